The summed E-state index contributed by atoms with van der Waals surface area (Å²) in [7, 11) is 0. The van der Waals surface area contributed by atoms with Crippen LogP contribution in [0.5, 0.6) is 0 Å². The third-order valence-electron chi connectivity index (χ3n) is 4.75. The molecule has 0 saturated heterocycles. The van der Waals surface area contributed by atoms with Gasteiger partial charge in [-0.1, -0.05) is 27.2 Å². The number of aromatic nitrogens is 1. The standard InChI is InChI=1S/C19H27NO4S/c1-12(2)14-8-7-13(3)10-16(14)24-17(21)11-23-19(22)15-6-5-9-20-18(15)25-4/h5-6,9,12-14,16H,7-8,10-11H2,1-4H3. The quantitative estimate of drug-likeness (QED) is 0.561. The van der Waals surface area contributed by atoms with Gasteiger partial charge in [0.25, 0.3) is 0 Å². The van der Waals surface area contributed by atoms with Gasteiger partial charge in [0.1, 0.15) is 11.1 Å². The predicted molar refractivity (Wildman–Crippen MR) is 97.5 cm³/mol. The Morgan fingerprint density at radius 2 is 2.12 bits per heavy atom. The first-order valence-corrected chi connectivity index (χ1v) is 10.0. The zero-order chi connectivity index (χ0) is 18.4. The SMILES string of the molecule is CSc1ncccc1C(=O)OCC(=O)OC1CC(C)CCC1C(C)C. The smallest absolute Gasteiger partial charge is 0.344 e. The number of nitrogens with zero attached hydrogens (tertiary/aromatic N) is 1. The molecule has 3 atom stereocenters. The van der Waals surface area contributed by atoms with E-state index in [9.17, 15) is 9.59 Å². The Morgan fingerprint density at radius 1 is 1.36 bits per heavy atom. The lowest BCUT2D eigenvalue weighted by Gasteiger charge is -2.36. The second-order valence-corrected chi connectivity index (χ2v) is 7.79. The third-order valence-corrected chi connectivity index (χ3v) is 5.46. The Hall–Kier alpha value is -1.56. The molecule has 0 radical (unpaired) electrons. The number of thioether (sulfide) groups is 1. The van der Waals surface area contributed by atoms with Crippen molar-refractivity contribution in [2.75, 3.05) is 12.9 Å². The first-order valence-electron chi connectivity index (χ1n) is 8.78. The molecule has 1 aliphatic carbocycles. The van der Waals surface area contributed by atoms with Crippen molar-refractivity contribution in [2.24, 2.45) is 17.8 Å². The van der Waals surface area contributed by atoms with E-state index in [1.54, 1.807) is 18.3 Å². The van der Waals surface area contributed by atoms with Crippen LogP contribution >= 0.6 is 11.8 Å². The highest BCUT2D eigenvalue weighted by atomic mass is 32.2. The molecule has 0 N–H and O–H groups in total. The Balaban J connectivity index is 1.90. The molecule has 6 heteroatoms. The fraction of sp³-hybridized carbons (Fsp3) is 0.632. The first kappa shape index (κ1) is 19.8. The number of hydrogen-bond acceptors (Lipinski definition) is 6. The van der Waals surface area contributed by atoms with Crippen LogP contribution in [0.2, 0.25) is 0 Å². The minimum atomic E-state index is -0.549. The number of pyridine rings is 1. The zero-order valence-electron chi connectivity index (χ0n) is 15.4. The van der Waals surface area contributed by atoms with Gasteiger partial charge in [0.15, 0.2) is 6.61 Å². The molecular weight excluding hydrogens is 338 g/mol. The lowest BCUT2D eigenvalue weighted by molar-refractivity contribution is -0.159. The van der Waals surface area contributed by atoms with Crippen LogP contribution in [0.1, 0.15) is 50.4 Å². The maximum Gasteiger partial charge on any atom is 0.344 e. The minimum absolute atomic E-state index is 0.0879. The summed E-state index contributed by atoms with van der Waals surface area (Å²) in [5.74, 6) is 0.360. The number of rotatable bonds is 6. The fourth-order valence-electron chi connectivity index (χ4n) is 3.36. The molecule has 0 spiro atoms. The Kier molecular flexibility index (Phi) is 7.29. The summed E-state index contributed by atoms with van der Waals surface area (Å²) in [6.07, 6.45) is 6.49. The van der Waals surface area contributed by atoms with Crippen LogP contribution in [-0.2, 0) is 14.3 Å². The van der Waals surface area contributed by atoms with Gasteiger partial charge in [-0.05, 0) is 49.0 Å². The van der Waals surface area contributed by atoms with E-state index in [1.807, 2.05) is 6.26 Å². The first-order chi connectivity index (χ1) is 11.9. The monoisotopic (exact) mass is 365 g/mol. The van der Waals surface area contributed by atoms with Gasteiger partial charge < -0.3 is 9.47 Å². The average Bonchev–Trinajstić information content (AvgIpc) is 2.59. The van der Waals surface area contributed by atoms with Crippen LogP contribution in [0.3, 0.4) is 0 Å². The van der Waals surface area contributed by atoms with Crippen molar-refractivity contribution in [2.45, 2.75) is 51.2 Å². The van der Waals surface area contributed by atoms with Crippen LogP contribution < -0.4 is 0 Å². The van der Waals surface area contributed by atoms with Crippen molar-refractivity contribution in [1.82, 2.24) is 4.98 Å². The van der Waals surface area contributed by atoms with Crippen molar-refractivity contribution >= 4 is 23.7 Å². The normalized spacial score (nSPS) is 23.3. The predicted octanol–water partition coefficient (Wildman–Crippen LogP) is 3.96. The van der Waals surface area contributed by atoms with Gasteiger partial charge in [-0.3, -0.25) is 0 Å². The zero-order valence-corrected chi connectivity index (χ0v) is 16.2. The molecule has 1 aliphatic rings. The summed E-state index contributed by atoms with van der Waals surface area (Å²) < 4.78 is 10.8. The van der Waals surface area contributed by atoms with E-state index >= 15 is 0 Å². The van der Waals surface area contributed by atoms with Crippen LogP contribution in [0.25, 0.3) is 0 Å². The van der Waals surface area contributed by atoms with E-state index in [4.69, 9.17) is 9.47 Å². The van der Waals surface area contributed by atoms with Crippen molar-refractivity contribution < 1.29 is 19.1 Å². The van der Waals surface area contributed by atoms with E-state index in [1.165, 1.54) is 18.2 Å². The highest BCUT2D eigenvalue weighted by Gasteiger charge is 2.33. The highest BCUT2D eigenvalue weighted by molar-refractivity contribution is 7.98. The summed E-state index contributed by atoms with van der Waals surface area (Å²) in [5.41, 5.74) is 0.370. The van der Waals surface area contributed by atoms with Crippen LogP contribution in [-0.4, -0.2) is 35.9 Å². The summed E-state index contributed by atoms with van der Waals surface area (Å²) >= 11 is 1.36. The summed E-state index contributed by atoms with van der Waals surface area (Å²) in [4.78, 5) is 28.4. The Labute approximate surface area is 153 Å². The lowest BCUT2D eigenvalue weighted by Crippen LogP contribution is -2.36. The number of carbonyl (C=O) groups excluding carboxylic acids is 2. The van der Waals surface area contributed by atoms with Gasteiger partial charge in [0.05, 0.1) is 5.56 Å². The molecule has 0 aliphatic heterocycles. The fourth-order valence-corrected chi connectivity index (χ4v) is 3.90. The second kappa shape index (κ2) is 9.22. The Bertz CT molecular complexity index is 605. The van der Waals surface area contributed by atoms with Gasteiger partial charge in [0.2, 0.25) is 0 Å². The third kappa shape index (κ3) is 5.46. The minimum Gasteiger partial charge on any atom is -0.460 e. The summed E-state index contributed by atoms with van der Waals surface area (Å²) in [6, 6.07) is 3.31. The maximum absolute atomic E-state index is 12.2. The highest BCUT2D eigenvalue weighted by Crippen LogP contribution is 2.35. The molecule has 25 heavy (non-hydrogen) atoms. The molecule has 1 aromatic rings. The maximum atomic E-state index is 12.2. The number of hydrogen-bond donors (Lipinski definition) is 0. The lowest BCUT2D eigenvalue weighted by atomic mass is 9.75. The van der Waals surface area contributed by atoms with E-state index in [0.717, 1.165) is 12.8 Å². The topological polar surface area (TPSA) is 65.5 Å². The van der Waals surface area contributed by atoms with Crippen molar-refractivity contribution in [3.05, 3.63) is 23.9 Å². The van der Waals surface area contributed by atoms with Gasteiger partial charge in [-0.2, -0.15) is 0 Å². The van der Waals surface area contributed by atoms with Gasteiger partial charge in [-0.15, -0.1) is 11.8 Å². The van der Waals surface area contributed by atoms with E-state index in [0.29, 0.717) is 28.3 Å². The molecule has 1 heterocycles. The molecule has 1 fully saturated rings. The number of carbonyl (C=O) groups is 2. The molecule has 2 rings (SSSR count). The average molecular weight is 365 g/mol. The molecule has 1 saturated carbocycles. The van der Waals surface area contributed by atoms with Crippen molar-refractivity contribution in [3.63, 3.8) is 0 Å². The van der Waals surface area contributed by atoms with E-state index in [2.05, 4.69) is 25.8 Å². The molecule has 0 bridgehead atoms. The molecular formula is C19H27NO4S. The van der Waals surface area contributed by atoms with E-state index < -0.39 is 11.9 Å². The van der Waals surface area contributed by atoms with Crippen LogP contribution in [0.4, 0.5) is 0 Å². The van der Waals surface area contributed by atoms with Gasteiger partial charge in [0, 0.05) is 6.20 Å². The second-order valence-electron chi connectivity index (χ2n) is 6.99. The molecule has 138 valence electrons. The van der Waals surface area contributed by atoms with Gasteiger partial charge >= 0.3 is 11.9 Å². The van der Waals surface area contributed by atoms with Crippen LogP contribution in [0, 0.1) is 17.8 Å². The molecule has 0 aromatic carbocycles. The molecule has 3 unspecified atom stereocenters. The Morgan fingerprint density at radius 3 is 2.80 bits per heavy atom. The number of ether oxygens (including phenoxy) is 2. The van der Waals surface area contributed by atoms with Crippen LogP contribution in [0.15, 0.2) is 23.4 Å². The summed E-state index contributed by atoms with van der Waals surface area (Å²) in [5, 5.41) is 0.585. The van der Waals surface area contributed by atoms with E-state index in [-0.39, 0.29) is 12.7 Å². The van der Waals surface area contributed by atoms with Crippen molar-refractivity contribution in [1.29, 1.82) is 0 Å². The van der Waals surface area contributed by atoms with Crippen molar-refractivity contribution in [3.8, 4) is 0 Å². The molecule has 5 nitrogen and oxygen atoms in total. The molecule has 0 amide bonds. The largest absolute Gasteiger partial charge is 0.460 e. The van der Waals surface area contributed by atoms with Gasteiger partial charge in [-0.25, -0.2) is 14.6 Å². The summed E-state index contributed by atoms with van der Waals surface area (Å²) in [6.45, 7) is 6.14. The number of esters is 2. The molecule has 1 aromatic heterocycles.